The van der Waals surface area contributed by atoms with Crippen molar-refractivity contribution in [2.24, 2.45) is 5.73 Å². The molecule has 4 heteroatoms. The van der Waals surface area contributed by atoms with Crippen molar-refractivity contribution in [2.45, 2.75) is 26.5 Å². The van der Waals surface area contributed by atoms with E-state index in [1.54, 1.807) is 12.1 Å². The molecule has 2 N–H and O–H groups in total. The van der Waals surface area contributed by atoms with Crippen LogP contribution in [0.15, 0.2) is 36.4 Å². The van der Waals surface area contributed by atoms with Crippen molar-refractivity contribution in [3.8, 4) is 5.75 Å². The third kappa shape index (κ3) is 3.66. The van der Waals surface area contributed by atoms with Crippen molar-refractivity contribution in [1.29, 1.82) is 0 Å². The van der Waals surface area contributed by atoms with E-state index in [9.17, 15) is 0 Å². The van der Waals surface area contributed by atoms with Crippen molar-refractivity contribution in [2.75, 3.05) is 0 Å². The minimum atomic E-state index is 0.0217. The molecule has 0 radical (unpaired) electrons. The van der Waals surface area contributed by atoms with E-state index in [4.69, 9.17) is 33.7 Å². The largest absolute Gasteiger partial charge is 0.489 e. The topological polar surface area (TPSA) is 35.2 Å². The van der Waals surface area contributed by atoms with Crippen molar-refractivity contribution in [1.82, 2.24) is 0 Å². The Morgan fingerprint density at radius 1 is 1.15 bits per heavy atom. The van der Waals surface area contributed by atoms with Crippen LogP contribution in [0.5, 0.6) is 5.75 Å². The molecule has 0 aliphatic carbocycles. The Labute approximate surface area is 129 Å². The number of ether oxygens (including phenoxy) is 1. The molecule has 0 aromatic heterocycles. The highest BCUT2D eigenvalue weighted by Gasteiger charge is 2.06. The highest BCUT2D eigenvalue weighted by Crippen LogP contribution is 2.25. The van der Waals surface area contributed by atoms with Crippen molar-refractivity contribution < 1.29 is 4.74 Å². The zero-order chi connectivity index (χ0) is 14.7. The number of benzene rings is 2. The summed E-state index contributed by atoms with van der Waals surface area (Å²) in [5.41, 5.74) is 8.93. The van der Waals surface area contributed by atoms with Crippen molar-refractivity contribution >= 4 is 23.2 Å². The average molecular weight is 310 g/mol. The van der Waals surface area contributed by atoms with Gasteiger partial charge >= 0.3 is 0 Å². The van der Waals surface area contributed by atoms with Gasteiger partial charge in [-0.2, -0.15) is 0 Å². The molecule has 2 nitrogen and oxygen atoms in total. The number of aryl methyl sites for hydroxylation is 1. The van der Waals surface area contributed by atoms with Gasteiger partial charge in [-0.3, -0.25) is 0 Å². The first-order valence-electron chi connectivity index (χ1n) is 6.40. The summed E-state index contributed by atoms with van der Waals surface area (Å²) < 4.78 is 5.81. The van der Waals surface area contributed by atoms with Gasteiger partial charge in [0.05, 0.1) is 0 Å². The second kappa shape index (κ2) is 6.49. The highest BCUT2D eigenvalue weighted by molar-refractivity contribution is 6.35. The van der Waals surface area contributed by atoms with E-state index in [1.165, 1.54) is 0 Å². The van der Waals surface area contributed by atoms with Gasteiger partial charge in [0.1, 0.15) is 12.4 Å². The first-order chi connectivity index (χ1) is 9.47. The van der Waals surface area contributed by atoms with Crippen LogP contribution in [0.1, 0.15) is 29.7 Å². The monoisotopic (exact) mass is 309 g/mol. The number of hydrogen-bond donors (Lipinski definition) is 1. The van der Waals surface area contributed by atoms with Crippen LogP contribution in [0.25, 0.3) is 0 Å². The molecule has 0 amide bonds. The van der Waals surface area contributed by atoms with Gasteiger partial charge in [0.2, 0.25) is 0 Å². The van der Waals surface area contributed by atoms with Gasteiger partial charge in [-0.1, -0.05) is 41.4 Å². The molecule has 2 rings (SSSR count). The zero-order valence-corrected chi connectivity index (χ0v) is 13.0. The summed E-state index contributed by atoms with van der Waals surface area (Å²) in [6, 6.07) is 11.4. The lowest BCUT2D eigenvalue weighted by Gasteiger charge is -2.13. The van der Waals surface area contributed by atoms with E-state index in [0.29, 0.717) is 16.7 Å². The Morgan fingerprint density at radius 2 is 1.90 bits per heavy atom. The molecule has 0 aliphatic rings. The van der Waals surface area contributed by atoms with Gasteiger partial charge in [0, 0.05) is 21.7 Å². The lowest BCUT2D eigenvalue weighted by atomic mass is 10.1. The molecule has 0 heterocycles. The summed E-state index contributed by atoms with van der Waals surface area (Å²) in [5.74, 6) is 0.834. The van der Waals surface area contributed by atoms with Crippen LogP contribution in [-0.4, -0.2) is 0 Å². The van der Waals surface area contributed by atoms with Crippen LogP contribution in [-0.2, 0) is 6.61 Å². The number of halogens is 2. The minimum absolute atomic E-state index is 0.0217. The predicted octanol–water partition coefficient (Wildman–Crippen LogP) is 4.90. The molecule has 1 unspecified atom stereocenters. The lowest BCUT2D eigenvalue weighted by Crippen LogP contribution is -2.05. The summed E-state index contributed by atoms with van der Waals surface area (Å²) in [4.78, 5) is 0. The molecule has 0 fully saturated rings. The van der Waals surface area contributed by atoms with E-state index in [1.807, 2.05) is 38.1 Å². The Morgan fingerprint density at radius 3 is 2.50 bits per heavy atom. The zero-order valence-electron chi connectivity index (χ0n) is 11.5. The summed E-state index contributed by atoms with van der Waals surface area (Å²) in [5, 5.41) is 1.23. The molecule has 106 valence electrons. The molecule has 20 heavy (non-hydrogen) atoms. The number of nitrogens with two attached hydrogens (primary N) is 1. The van der Waals surface area contributed by atoms with E-state index in [-0.39, 0.29) is 6.04 Å². The maximum atomic E-state index is 6.12. The van der Waals surface area contributed by atoms with Crippen molar-refractivity contribution in [3.63, 3.8) is 0 Å². The fraction of sp³-hybridized carbons (Fsp3) is 0.250. The van der Waals surface area contributed by atoms with Crippen LogP contribution in [0.3, 0.4) is 0 Å². The van der Waals surface area contributed by atoms with Crippen LogP contribution in [0.4, 0.5) is 0 Å². The summed E-state index contributed by atoms with van der Waals surface area (Å²) in [7, 11) is 0. The molecule has 0 saturated carbocycles. The summed E-state index contributed by atoms with van der Waals surface area (Å²) >= 11 is 12.0. The first kappa shape index (κ1) is 15.2. The lowest BCUT2D eigenvalue weighted by molar-refractivity contribution is 0.304. The first-order valence-corrected chi connectivity index (χ1v) is 7.16. The summed E-state index contributed by atoms with van der Waals surface area (Å²) in [6.45, 7) is 4.38. The summed E-state index contributed by atoms with van der Waals surface area (Å²) in [6.07, 6.45) is 0. The number of hydrogen-bond acceptors (Lipinski definition) is 2. The van der Waals surface area contributed by atoms with Gasteiger partial charge in [0.25, 0.3) is 0 Å². The SMILES string of the molecule is Cc1cc(C(C)N)ccc1OCc1ccc(Cl)cc1Cl. The smallest absolute Gasteiger partial charge is 0.122 e. The molecular formula is C16H17Cl2NO. The number of rotatable bonds is 4. The molecule has 0 spiro atoms. The van der Waals surface area contributed by atoms with E-state index in [0.717, 1.165) is 22.4 Å². The van der Waals surface area contributed by atoms with Crippen LogP contribution in [0.2, 0.25) is 10.0 Å². The quantitative estimate of drug-likeness (QED) is 0.871. The molecule has 0 saturated heterocycles. The maximum Gasteiger partial charge on any atom is 0.122 e. The van der Waals surface area contributed by atoms with Crippen LogP contribution < -0.4 is 10.5 Å². The van der Waals surface area contributed by atoms with E-state index >= 15 is 0 Å². The third-order valence-corrected chi connectivity index (χ3v) is 3.71. The van der Waals surface area contributed by atoms with Gasteiger partial charge in [-0.25, -0.2) is 0 Å². The molecule has 0 aliphatic heterocycles. The van der Waals surface area contributed by atoms with Gasteiger partial charge in [-0.05, 0) is 43.2 Å². The fourth-order valence-electron chi connectivity index (χ4n) is 1.91. The third-order valence-electron chi connectivity index (χ3n) is 3.12. The van der Waals surface area contributed by atoms with E-state index in [2.05, 4.69) is 0 Å². The van der Waals surface area contributed by atoms with E-state index < -0.39 is 0 Å². The van der Waals surface area contributed by atoms with Crippen LogP contribution >= 0.6 is 23.2 Å². The average Bonchev–Trinajstić information content (AvgIpc) is 2.38. The van der Waals surface area contributed by atoms with Gasteiger partial charge in [-0.15, -0.1) is 0 Å². The predicted molar refractivity (Wildman–Crippen MR) is 84.6 cm³/mol. The standard InChI is InChI=1S/C16H17Cl2NO/c1-10-7-12(11(2)19)4-6-16(10)20-9-13-3-5-14(17)8-15(13)18/h3-8,11H,9,19H2,1-2H3. The Hall–Kier alpha value is -1.22. The molecule has 2 aromatic carbocycles. The molecule has 1 atom stereocenters. The highest BCUT2D eigenvalue weighted by atomic mass is 35.5. The molecule has 0 bridgehead atoms. The second-order valence-electron chi connectivity index (χ2n) is 4.84. The van der Waals surface area contributed by atoms with Crippen LogP contribution in [0, 0.1) is 6.92 Å². The molecule has 2 aromatic rings. The Balaban J connectivity index is 2.11. The minimum Gasteiger partial charge on any atom is -0.489 e. The molecular weight excluding hydrogens is 293 g/mol. The normalized spacial score (nSPS) is 12.2. The second-order valence-corrected chi connectivity index (χ2v) is 5.68. The fourth-order valence-corrected chi connectivity index (χ4v) is 2.38. The Bertz CT molecular complexity index is 611. The van der Waals surface area contributed by atoms with Gasteiger partial charge < -0.3 is 10.5 Å². The maximum absolute atomic E-state index is 6.12. The van der Waals surface area contributed by atoms with Crippen molar-refractivity contribution in [3.05, 3.63) is 63.1 Å². The Kier molecular flexibility index (Phi) is 4.92. The van der Waals surface area contributed by atoms with Gasteiger partial charge in [0.15, 0.2) is 0 Å².